The first-order valence-electron chi connectivity index (χ1n) is 8.25. The number of aliphatic carboxylic acids is 1. The standard InChI is InChI=1S/C20H21NO3/c1-3-13(2)21-18(14-9-5-4-6-10-14)17(20(23)24)15-11-7-8-12-16(15)19(21)22/h4-13,17-18H,3H2,1-2H3,(H,23,24)/t13-,17+,18+/m1/s1. The van der Waals surface area contributed by atoms with Crippen LogP contribution in [0.1, 0.15) is 53.7 Å². The van der Waals surface area contributed by atoms with Gasteiger partial charge in [0, 0.05) is 11.6 Å². The number of benzene rings is 2. The molecule has 3 atom stereocenters. The summed E-state index contributed by atoms with van der Waals surface area (Å²) in [5.41, 5.74) is 1.95. The molecular weight excluding hydrogens is 302 g/mol. The first-order valence-corrected chi connectivity index (χ1v) is 8.25. The molecule has 0 spiro atoms. The summed E-state index contributed by atoms with van der Waals surface area (Å²) < 4.78 is 0. The molecule has 3 rings (SSSR count). The lowest BCUT2D eigenvalue weighted by Crippen LogP contribution is -2.48. The molecule has 4 heteroatoms. The molecule has 1 N–H and O–H groups in total. The van der Waals surface area contributed by atoms with E-state index in [4.69, 9.17) is 0 Å². The molecule has 2 aromatic rings. The number of hydrogen-bond donors (Lipinski definition) is 1. The minimum Gasteiger partial charge on any atom is -0.481 e. The molecule has 24 heavy (non-hydrogen) atoms. The molecule has 1 amide bonds. The van der Waals surface area contributed by atoms with E-state index >= 15 is 0 Å². The maximum Gasteiger partial charge on any atom is 0.313 e. The molecule has 0 saturated heterocycles. The van der Waals surface area contributed by atoms with Gasteiger partial charge in [-0.3, -0.25) is 9.59 Å². The van der Waals surface area contributed by atoms with E-state index in [1.54, 1.807) is 29.2 Å². The molecule has 1 heterocycles. The Morgan fingerprint density at radius 3 is 2.38 bits per heavy atom. The van der Waals surface area contributed by atoms with Crippen LogP contribution in [-0.2, 0) is 4.79 Å². The van der Waals surface area contributed by atoms with Crippen molar-refractivity contribution in [2.75, 3.05) is 0 Å². The predicted octanol–water partition coefficient (Wildman–Crippen LogP) is 3.85. The molecule has 0 bridgehead atoms. The summed E-state index contributed by atoms with van der Waals surface area (Å²) in [7, 11) is 0. The summed E-state index contributed by atoms with van der Waals surface area (Å²) in [4.78, 5) is 27.0. The number of carbonyl (C=O) groups excluding carboxylic acids is 1. The SMILES string of the molecule is CC[C@@H](C)N1C(=O)c2ccccc2[C@H](C(=O)O)[C@@H]1c1ccccc1. The van der Waals surface area contributed by atoms with Gasteiger partial charge in [0.05, 0.1) is 6.04 Å². The third kappa shape index (κ3) is 2.58. The maximum atomic E-state index is 13.1. The average Bonchev–Trinajstić information content (AvgIpc) is 2.61. The molecule has 124 valence electrons. The summed E-state index contributed by atoms with van der Waals surface area (Å²) in [5, 5.41) is 9.94. The Morgan fingerprint density at radius 1 is 1.12 bits per heavy atom. The molecule has 0 aliphatic carbocycles. The number of fused-ring (bicyclic) bond motifs is 1. The Hall–Kier alpha value is -2.62. The number of amides is 1. The number of nitrogens with zero attached hydrogens (tertiary/aromatic N) is 1. The van der Waals surface area contributed by atoms with Crippen LogP contribution in [0.25, 0.3) is 0 Å². The van der Waals surface area contributed by atoms with Crippen molar-refractivity contribution in [2.45, 2.75) is 38.3 Å². The molecule has 1 aliphatic heterocycles. The zero-order chi connectivity index (χ0) is 17.3. The molecule has 0 saturated carbocycles. The number of carboxylic acid groups (broad SMARTS) is 1. The van der Waals surface area contributed by atoms with Crippen LogP contribution in [0, 0.1) is 0 Å². The first kappa shape index (κ1) is 16.2. The normalized spacial score (nSPS) is 21.2. The van der Waals surface area contributed by atoms with E-state index in [1.165, 1.54) is 0 Å². The molecule has 4 nitrogen and oxygen atoms in total. The third-order valence-corrected chi connectivity index (χ3v) is 4.85. The molecular formula is C20H21NO3. The fraction of sp³-hybridized carbons (Fsp3) is 0.300. The fourth-order valence-corrected chi connectivity index (χ4v) is 3.50. The second-order valence-corrected chi connectivity index (χ2v) is 6.23. The van der Waals surface area contributed by atoms with Crippen molar-refractivity contribution >= 4 is 11.9 Å². The monoisotopic (exact) mass is 323 g/mol. The van der Waals surface area contributed by atoms with Crippen molar-refractivity contribution in [3.63, 3.8) is 0 Å². The van der Waals surface area contributed by atoms with E-state index in [-0.39, 0.29) is 11.9 Å². The second kappa shape index (κ2) is 6.48. The van der Waals surface area contributed by atoms with Crippen LogP contribution in [0.15, 0.2) is 54.6 Å². The topological polar surface area (TPSA) is 57.6 Å². The van der Waals surface area contributed by atoms with E-state index in [2.05, 4.69) is 0 Å². The van der Waals surface area contributed by atoms with Gasteiger partial charge in [0.1, 0.15) is 5.92 Å². The van der Waals surface area contributed by atoms with Gasteiger partial charge < -0.3 is 10.0 Å². The molecule has 1 aliphatic rings. The van der Waals surface area contributed by atoms with Gasteiger partial charge in [0.15, 0.2) is 0 Å². The highest BCUT2D eigenvalue weighted by Gasteiger charge is 2.45. The smallest absolute Gasteiger partial charge is 0.313 e. The Labute approximate surface area is 141 Å². The van der Waals surface area contributed by atoms with Crippen LogP contribution in [0.2, 0.25) is 0 Å². The van der Waals surface area contributed by atoms with Crippen molar-refractivity contribution in [1.82, 2.24) is 4.90 Å². The Morgan fingerprint density at radius 2 is 1.75 bits per heavy atom. The summed E-state index contributed by atoms with van der Waals surface area (Å²) >= 11 is 0. The van der Waals surface area contributed by atoms with Crippen LogP contribution in [0.3, 0.4) is 0 Å². The molecule has 0 fully saturated rings. The van der Waals surface area contributed by atoms with Gasteiger partial charge >= 0.3 is 5.97 Å². The van der Waals surface area contributed by atoms with Crippen LogP contribution in [0.5, 0.6) is 0 Å². The first-order chi connectivity index (χ1) is 11.6. The van der Waals surface area contributed by atoms with E-state index in [1.807, 2.05) is 44.2 Å². The number of carbonyl (C=O) groups is 2. The van der Waals surface area contributed by atoms with Gasteiger partial charge in [0.2, 0.25) is 0 Å². The van der Waals surface area contributed by atoms with Crippen molar-refractivity contribution < 1.29 is 14.7 Å². The van der Waals surface area contributed by atoms with Crippen LogP contribution in [-0.4, -0.2) is 27.9 Å². The van der Waals surface area contributed by atoms with Crippen LogP contribution >= 0.6 is 0 Å². The highest BCUT2D eigenvalue weighted by molar-refractivity contribution is 6.00. The highest BCUT2D eigenvalue weighted by atomic mass is 16.4. The molecule has 0 radical (unpaired) electrons. The summed E-state index contributed by atoms with van der Waals surface area (Å²) in [6, 6.07) is 16.0. The van der Waals surface area contributed by atoms with Gasteiger partial charge in [-0.2, -0.15) is 0 Å². The van der Waals surface area contributed by atoms with Gasteiger partial charge in [-0.15, -0.1) is 0 Å². The molecule has 0 aromatic heterocycles. The van der Waals surface area contributed by atoms with Crippen molar-refractivity contribution in [3.8, 4) is 0 Å². The average molecular weight is 323 g/mol. The lowest BCUT2D eigenvalue weighted by molar-refractivity contribution is -0.140. The zero-order valence-electron chi connectivity index (χ0n) is 13.8. The van der Waals surface area contributed by atoms with Crippen molar-refractivity contribution in [3.05, 3.63) is 71.3 Å². The number of rotatable bonds is 4. The summed E-state index contributed by atoms with van der Waals surface area (Å²) in [6.07, 6.45) is 0.767. The quantitative estimate of drug-likeness (QED) is 0.930. The molecule has 2 aromatic carbocycles. The van der Waals surface area contributed by atoms with Gasteiger partial charge in [-0.05, 0) is 30.5 Å². The van der Waals surface area contributed by atoms with Crippen molar-refractivity contribution in [1.29, 1.82) is 0 Å². The second-order valence-electron chi connectivity index (χ2n) is 6.23. The largest absolute Gasteiger partial charge is 0.481 e. The van der Waals surface area contributed by atoms with Crippen LogP contribution < -0.4 is 0 Å². The lowest BCUT2D eigenvalue weighted by Gasteiger charge is -2.43. The zero-order valence-corrected chi connectivity index (χ0v) is 13.8. The third-order valence-electron chi connectivity index (χ3n) is 4.85. The number of carboxylic acids is 1. The summed E-state index contributed by atoms with van der Waals surface area (Å²) in [5.74, 6) is -1.77. The Balaban J connectivity index is 2.24. The lowest BCUT2D eigenvalue weighted by atomic mass is 9.79. The molecule has 0 unspecified atom stereocenters. The number of hydrogen-bond acceptors (Lipinski definition) is 2. The maximum absolute atomic E-state index is 13.1. The minimum absolute atomic E-state index is 0.0436. The van der Waals surface area contributed by atoms with Gasteiger partial charge in [-0.1, -0.05) is 55.5 Å². The van der Waals surface area contributed by atoms with Gasteiger partial charge in [0.25, 0.3) is 5.91 Å². The van der Waals surface area contributed by atoms with E-state index in [0.29, 0.717) is 11.1 Å². The Kier molecular flexibility index (Phi) is 4.38. The highest BCUT2D eigenvalue weighted by Crippen LogP contribution is 2.44. The van der Waals surface area contributed by atoms with Crippen LogP contribution in [0.4, 0.5) is 0 Å². The minimum atomic E-state index is -0.905. The van der Waals surface area contributed by atoms with E-state index in [9.17, 15) is 14.7 Å². The fourth-order valence-electron chi connectivity index (χ4n) is 3.50. The Bertz CT molecular complexity index is 756. The predicted molar refractivity (Wildman–Crippen MR) is 91.9 cm³/mol. The van der Waals surface area contributed by atoms with E-state index < -0.39 is 17.9 Å². The summed E-state index contributed by atoms with van der Waals surface area (Å²) in [6.45, 7) is 3.98. The van der Waals surface area contributed by atoms with E-state index in [0.717, 1.165) is 12.0 Å². The van der Waals surface area contributed by atoms with Crippen molar-refractivity contribution in [2.24, 2.45) is 0 Å². The van der Waals surface area contributed by atoms with Gasteiger partial charge in [-0.25, -0.2) is 0 Å².